The van der Waals surface area contributed by atoms with Gasteiger partial charge in [0.25, 0.3) is 5.91 Å². The number of benzene rings is 1. The van der Waals surface area contributed by atoms with Crippen LogP contribution in [0.25, 0.3) is 10.9 Å². The number of nitrogens with one attached hydrogen (secondary N) is 1. The Bertz CT molecular complexity index is 584. The maximum atomic E-state index is 11.9. The number of ether oxygens (including phenoxy) is 2. The van der Waals surface area contributed by atoms with Crippen LogP contribution in [0.5, 0.6) is 5.75 Å². The SMILES string of the molecule is COCCNC(=O)c1cnc2c(OC)cccc2c1. The number of carbonyl (C=O) groups excluding carboxylic acids is 1. The minimum Gasteiger partial charge on any atom is -0.494 e. The normalized spacial score (nSPS) is 10.4. The first-order chi connectivity index (χ1) is 9.26. The lowest BCUT2D eigenvalue weighted by Crippen LogP contribution is -2.27. The first-order valence-corrected chi connectivity index (χ1v) is 5.96. The Morgan fingerprint density at radius 1 is 1.37 bits per heavy atom. The van der Waals surface area contributed by atoms with Crippen molar-refractivity contribution in [1.29, 1.82) is 0 Å². The van der Waals surface area contributed by atoms with Crippen LogP contribution in [0.15, 0.2) is 30.5 Å². The van der Waals surface area contributed by atoms with Gasteiger partial charge in [0, 0.05) is 25.2 Å². The van der Waals surface area contributed by atoms with Gasteiger partial charge in [-0.2, -0.15) is 0 Å². The lowest BCUT2D eigenvalue weighted by molar-refractivity contribution is 0.0937. The number of hydrogen-bond donors (Lipinski definition) is 1. The number of carbonyl (C=O) groups is 1. The fourth-order valence-corrected chi connectivity index (χ4v) is 1.79. The van der Waals surface area contributed by atoms with E-state index in [1.54, 1.807) is 26.5 Å². The highest BCUT2D eigenvalue weighted by Crippen LogP contribution is 2.23. The zero-order chi connectivity index (χ0) is 13.7. The molecule has 0 spiro atoms. The fourth-order valence-electron chi connectivity index (χ4n) is 1.79. The second-order valence-electron chi connectivity index (χ2n) is 4.00. The molecule has 1 aromatic heterocycles. The number of para-hydroxylation sites is 1. The Kier molecular flexibility index (Phi) is 4.30. The van der Waals surface area contributed by atoms with Gasteiger partial charge in [-0.15, -0.1) is 0 Å². The molecule has 0 fully saturated rings. The molecule has 100 valence electrons. The molecule has 0 radical (unpaired) electrons. The number of aromatic nitrogens is 1. The zero-order valence-electron chi connectivity index (χ0n) is 11.0. The van der Waals surface area contributed by atoms with Gasteiger partial charge in [-0.3, -0.25) is 9.78 Å². The summed E-state index contributed by atoms with van der Waals surface area (Å²) in [5, 5.41) is 3.63. The van der Waals surface area contributed by atoms with E-state index in [4.69, 9.17) is 9.47 Å². The smallest absolute Gasteiger partial charge is 0.252 e. The van der Waals surface area contributed by atoms with Crippen molar-refractivity contribution in [1.82, 2.24) is 10.3 Å². The summed E-state index contributed by atoms with van der Waals surface area (Å²) in [6, 6.07) is 7.41. The molecule has 0 saturated heterocycles. The van der Waals surface area contributed by atoms with Gasteiger partial charge in [0.2, 0.25) is 0 Å². The Balaban J connectivity index is 2.24. The van der Waals surface area contributed by atoms with E-state index in [1.165, 1.54) is 0 Å². The van der Waals surface area contributed by atoms with Crippen molar-refractivity contribution in [2.45, 2.75) is 0 Å². The Hall–Kier alpha value is -2.14. The topological polar surface area (TPSA) is 60.5 Å². The Morgan fingerprint density at radius 3 is 2.95 bits per heavy atom. The van der Waals surface area contributed by atoms with Crippen molar-refractivity contribution in [2.75, 3.05) is 27.4 Å². The number of rotatable bonds is 5. The lowest BCUT2D eigenvalue weighted by atomic mass is 10.1. The second kappa shape index (κ2) is 6.15. The molecule has 19 heavy (non-hydrogen) atoms. The van der Waals surface area contributed by atoms with Gasteiger partial charge in [-0.05, 0) is 12.1 Å². The standard InChI is InChI=1S/C14H16N2O3/c1-18-7-6-15-14(17)11-8-10-4-3-5-12(19-2)13(10)16-9-11/h3-5,8-9H,6-7H2,1-2H3,(H,15,17). The summed E-state index contributed by atoms with van der Waals surface area (Å²) in [6.07, 6.45) is 1.55. The van der Waals surface area contributed by atoms with E-state index in [1.807, 2.05) is 18.2 Å². The second-order valence-corrected chi connectivity index (χ2v) is 4.00. The van der Waals surface area contributed by atoms with Gasteiger partial charge >= 0.3 is 0 Å². The number of methoxy groups -OCH3 is 2. The molecule has 1 heterocycles. The van der Waals surface area contributed by atoms with Crippen LogP contribution in [0.4, 0.5) is 0 Å². The van der Waals surface area contributed by atoms with E-state index in [2.05, 4.69) is 10.3 Å². The molecular formula is C14H16N2O3. The van der Waals surface area contributed by atoms with Gasteiger partial charge in [-0.25, -0.2) is 0 Å². The summed E-state index contributed by atoms with van der Waals surface area (Å²) in [5.41, 5.74) is 1.27. The van der Waals surface area contributed by atoms with Crippen LogP contribution in [0.3, 0.4) is 0 Å². The zero-order valence-corrected chi connectivity index (χ0v) is 11.0. The molecular weight excluding hydrogens is 244 g/mol. The summed E-state index contributed by atoms with van der Waals surface area (Å²) in [4.78, 5) is 16.2. The van der Waals surface area contributed by atoms with Gasteiger partial charge in [0.05, 0.1) is 19.3 Å². The van der Waals surface area contributed by atoms with Crippen LogP contribution in [0.2, 0.25) is 0 Å². The molecule has 0 aliphatic heterocycles. The molecule has 0 aliphatic rings. The lowest BCUT2D eigenvalue weighted by Gasteiger charge is -2.07. The van der Waals surface area contributed by atoms with E-state index in [-0.39, 0.29) is 5.91 Å². The van der Waals surface area contributed by atoms with Crippen LogP contribution < -0.4 is 10.1 Å². The molecule has 0 aliphatic carbocycles. The van der Waals surface area contributed by atoms with E-state index in [9.17, 15) is 4.79 Å². The maximum Gasteiger partial charge on any atom is 0.252 e. The Morgan fingerprint density at radius 2 is 2.21 bits per heavy atom. The summed E-state index contributed by atoms with van der Waals surface area (Å²) >= 11 is 0. The van der Waals surface area contributed by atoms with Gasteiger partial charge in [0.1, 0.15) is 11.3 Å². The van der Waals surface area contributed by atoms with E-state index in [0.717, 1.165) is 10.9 Å². The van der Waals surface area contributed by atoms with E-state index in [0.29, 0.717) is 24.5 Å². The number of amides is 1. The van der Waals surface area contributed by atoms with Crippen molar-refractivity contribution < 1.29 is 14.3 Å². The third-order valence-corrected chi connectivity index (χ3v) is 2.75. The fraction of sp³-hybridized carbons (Fsp3) is 0.286. The molecule has 1 amide bonds. The molecule has 0 saturated carbocycles. The van der Waals surface area contributed by atoms with Crippen molar-refractivity contribution in [3.05, 3.63) is 36.0 Å². The van der Waals surface area contributed by atoms with Crippen LogP contribution in [0, 0.1) is 0 Å². The summed E-state index contributed by atoms with van der Waals surface area (Å²) in [7, 11) is 3.19. The molecule has 2 rings (SSSR count). The first-order valence-electron chi connectivity index (χ1n) is 5.96. The molecule has 0 unspecified atom stereocenters. The molecule has 0 atom stereocenters. The third kappa shape index (κ3) is 3.00. The largest absolute Gasteiger partial charge is 0.494 e. The third-order valence-electron chi connectivity index (χ3n) is 2.75. The molecule has 1 N–H and O–H groups in total. The maximum absolute atomic E-state index is 11.9. The monoisotopic (exact) mass is 260 g/mol. The van der Waals surface area contributed by atoms with Crippen LogP contribution in [0.1, 0.15) is 10.4 Å². The van der Waals surface area contributed by atoms with Crippen LogP contribution in [-0.2, 0) is 4.74 Å². The molecule has 1 aromatic carbocycles. The minimum atomic E-state index is -0.158. The van der Waals surface area contributed by atoms with Gasteiger partial charge < -0.3 is 14.8 Å². The predicted molar refractivity (Wildman–Crippen MR) is 72.5 cm³/mol. The number of pyridine rings is 1. The number of fused-ring (bicyclic) bond motifs is 1. The number of hydrogen-bond acceptors (Lipinski definition) is 4. The first kappa shape index (κ1) is 13.3. The van der Waals surface area contributed by atoms with Crippen LogP contribution in [-0.4, -0.2) is 38.3 Å². The highest BCUT2D eigenvalue weighted by Gasteiger charge is 2.08. The highest BCUT2D eigenvalue weighted by atomic mass is 16.5. The van der Waals surface area contributed by atoms with Crippen molar-refractivity contribution in [3.63, 3.8) is 0 Å². The molecule has 5 heteroatoms. The quantitative estimate of drug-likeness (QED) is 0.830. The minimum absolute atomic E-state index is 0.158. The predicted octanol–water partition coefficient (Wildman–Crippen LogP) is 1.62. The summed E-state index contributed by atoms with van der Waals surface area (Å²) in [5.74, 6) is 0.540. The summed E-state index contributed by atoms with van der Waals surface area (Å²) < 4.78 is 10.1. The molecule has 2 aromatic rings. The van der Waals surface area contributed by atoms with Crippen molar-refractivity contribution >= 4 is 16.8 Å². The van der Waals surface area contributed by atoms with E-state index >= 15 is 0 Å². The van der Waals surface area contributed by atoms with Gasteiger partial charge in [-0.1, -0.05) is 12.1 Å². The van der Waals surface area contributed by atoms with Gasteiger partial charge in [0.15, 0.2) is 0 Å². The number of nitrogens with zero attached hydrogens (tertiary/aromatic N) is 1. The van der Waals surface area contributed by atoms with Crippen molar-refractivity contribution in [3.8, 4) is 5.75 Å². The van der Waals surface area contributed by atoms with Crippen LogP contribution >= 0.6 is 0 Å². The van der Waals surface area contributed by atoms with Crippen molar-refractivity contribution in [2.24, 2.45) is 0 Å². The summed E-state index contributed by atoms with van der Waals surface area (Å²) in [6.45, 7) is 0.964. The van der Waals surface area contributed by atoms with E-state index < -0.39 is 0 Å². The molecule has 5 nitrogen and oxygen atoms in total. The highest BCUT2D eigenvalue weighted by molar-refractivity contribution is 5.98. The average Bonchev–Trinajstić information content (AvgIpc) is 2.46. The average molecular weight is 260 g/mol. The molecule has 0 bridgehead atoms. The Labute approximate surface area is 111 Å².